The molecule has 0 amide bonds. The molecule has 0 atom stereocenters. The molecular weight excluding hydrogens is 288 g/mol. The zero-order chi connectivity index (χ0) is 17.8. The summed E-state index contributed by atoms with van der Waals surface area (Å²) in [5.74, 6) is 3.13. The van der Waals surface area contributed by atoms with Gasteiger partial charge in [0.1, 0.15) is 0 Å². The number of hydrogen-bond donors (Lipinski definition) is 0. The van der Waals surface area contributed by atoms with Gasteiger partial charge in [-0.15, -0.1) is 0 Å². The van der Waals surface area contributed by atoms with Gasteiger partial charge in [-0.25, -0.2) is 0 Å². The Bertz CT molecular complexity index is 368. The lowest BCUT2D eigenvalue weighted by Gasteiger charge is -2.24. The first-order valence-electron chi connectivity index (χ1n) is 10.5. The molecule has 3 rings (SSSR count). The topological polar surface area (TPSA) is 0 Å². The van der Waals surface area contributed by atoms with Crippen molar-refractivity contribution in [3.05, 3.63) is 35.4 Å². The fraction of sp³-hybridized carbons (Fsp3) is 0.750. The fourth-order valence-electron chi connectivity index (χ4n) is 3.68. The molecule has 0 heteroatoms. The van der Waals surface area contributed by atoms with Crippen molar-refractivity contribution in [3.63, 3.8) is 0 Å². The van der Waals surface area contributed by atoms with Crippen LogP contribution < -0.4 is 0 Å². The Morgan fingerprint density at radius 1 is 0.667 bits per heavy atom. The SMILES string of the molecule is CC1CCCCC1.CCC1CCC(C)CC1.Cc1ccc(C)cc1. The average Bonchev–Trinajstić information content (AvgIpc) is 2.60. The van der Waals surface area contributed by atoms with Crippen molar-refractivity contribution in [1.82, 2.24) is 0 Å². The first-order chi connectivity index (χ1) is 11.5. The van der Waals surface area contributed by atoms with Gasteiger partial charge in [-0.1, -0.05) is 120 Å². The summed E-state index contributed by atoms with van der Waals surface area (Å²) in [5, 5.41) is 0. The molecule has 0 aliphatic heterocycles. The summed E-state index contributed by atoms with van der Waals surface area (Å²) in [5.41, 5.74) is 2.66. The zero-order valence-corrected chi connectivity index (χ0v) is 17.1. The smallest absolute Gasteiger partial charge is 0.0398 e. The summed E-state index contributed by atoms with van der Waals surface area (Å²) in [7, 11) is 0. The summed E-state index contributed by atoms with van der Waals surface area (Å²) in [4.78, 5) is 0. The highest BCUT2D eigenvalue weighted by molar-refractivity contribution is 5.19. The first-order valence-corrected chi connectivity index (χ1v) is 10.5. The normalized spacial score (nSPS) is 24.2. The maximum Gasteiger partial charge on any atom is -0.0398 e. The van der Waals surface area contributed by atoms with Crippen LogP contribution in [-0.4, -0.2) is 0 Å². The van der Waals surface area contributed by atoms with Gasteiger partial charge in [-0.05, 0) is 31.6 Å². The zero-order valence-electron chi connectivity index (χ0n) is 17.1. The van der Waals surface area contributed by atoms with Gasteiger partial charge in [-0.2, -0.15) is 0 Å². The van der Waals surface area contributed by atoms with Gasteiger partial charge in [0.05, 0.1) is 0 Å². The molecule has 1 aromatic rings. The van der Waals surface area contributed by atoms with E-state index in [1.807, 2.05) is 0 Å². The summed E-state index contributed by atoms with van der Waals surface area (Å²) < 4.78 is 0. The highest BCUT2D eigenvalue weighted by Gasteiger charge is 2.15. The van der Waals surface area contributed by atoms with E-state index in [1.54, 1.807) is 0 Å². The Balaban J connectivity index is 0.000000181. The first kappa shape index (κ1) is 21.3. The largest absolute Gasteiger partial charge is 0.0651 e. The van der Waals surface area contributed by atoms with Crippen molar-refractivity contribution in [3.8, 4) is 0 Å². The molecule has 0 aromatic heterocycles. The number of hydrogen-bond acceptors (Lipinski definition) is 0. The second kappa shape index (κ2) is 12.6. The summed E-state index contributed by atoms with van der Waals surface area (Å²) in [6, 6.07) is 8.48. The van der Waals surface area contributed by atoms with E-state index in [9.17, 15) is 0 Å². The van der Waals surface area contributed by atoms with Crippen LogP contribution in [0.3, 0.4) is 0 Å². The second-order valence-electron chi connectivity index (χ2n) is 8.43. The van der Waals surface area contributed by atoms with E-state index in [0.717, 1.165) is 17.8 Å². The quantitative estimate of drug-likeness (QED) is 0.487. The molecule has 0 nitrogen and oxygen atoms in total. The maximum atomic E-state index is 2.38. The predicted molar refractivity (Wildman–Crippen MR) is 110 cm³/mol. The van der Waals surface area contributed by atoms with E-state index in [1.165, 1.54) is 75.3 Å². The van der Waals surface area contributed by atoms with Gasteiger partial charge in [0.15, 0.2) is 0 Å². The average molecular weight is 331 g/mol. The standard InChI is InChI=1S/C9H18.C8H10.C7H14/c1-3-9-6-4-8(2)5-7-9;1-7-3-5-8(2)6-4-7;1-7-5-3-2-4-6-7/h8-9H,3-7H2,1-2H3;3-6H,1-2H3;7H,2-6H2,1H3. The van der Waals surface area contributed by atoms with E-state index in [4.69, 9.17) is 0 Å². The fourth-order valence-corrected chi connectivity index (χ4v) is 3.68. The monoisotopic (exact) mass is 330 g/mol. The third-order valence-electron chi connectivity index (χ3n) is 5.82. The minimum Gasteiger partial charge on any atom is -0.0651 e. The lowest BCUT2D eigenvalue weighted by atomic mass is 9.82. The molecular formula is C24H42. The molecule has 0 saturated heterocycles. The number of benzene rings is 1. The van der Waals surface area contributed by atoms with Gasteiger partial charge < -0.3 is 0 Å². The Hall–Kier alpha value is -0.780. The van der Waals surface area contributed by atoms with Crippen LogP contribution in [0.4, 0.5) is 0 Å². The van der Waals surface area contributed by atoms with Crippen molar-refractivity contribution in [2.45, 2.75) is 98.8 Å². The van der Waals surface area contributed by atoms with Crippen LogP contribution in [-0.2, 0) is 0 Å². The molecule has 2 aliphatic rings. The molecule has 0 spiro atoms. The minimum atomic E-state index is 1.02. The van der Waals surface area contributed by atoms with Crippen molar-refractivity contribution < 1.29 is 0 Å². The Labute approximate surface area is 152 Å². The summed E-state index contributed by atoms with van der Waals surface area (Å²) in [6.07, 6.45) is 14.8. The van der Waals surface area contributed by atoms with Crippen molar-refractivity contribution in [1.29, 1.82) is 0 Å². The molecule has 0 radical (unpaired) electrons. The highest BCUT2D eigenvalue weighted by Crippen LogP contribution is 2.29. The summed E-state index contributed by atoms with van der Waals surface area (Å²) >= 11 is 0. The van der Waals surface area contributed by atoms with Crippen molar-refractivity contribution >= 4 is 0 Å². The maximum absolute atomic E-state index is 2.38. The van der Waals surface area contributed by atoms with Crippen LogP contribution in [0.25, 0.3) is 0 Å². The van der Waals surface area contributed by atoms with Gasteiger partial charge in [0.2, 0.25) is 0 Å². The van der Waals surface area contributed by atoms with E-state index in [-0.39, 0.29) is 0 Å². The Morgan fingerprint density at radius 2 is 1.08 bits per heavy atom. The van der Waals surface area contributed by atoms with Crippen LogP contribution in [0.5, 0.6) is 0 Å². The van der Waals surface area contributed by atoms with E-state index in [2.05, 4.69) is 58.9 Å². The van der Waals surface area contributed by atoms with Gasteiger partial charge in [0, 0.05) is 0 Å². The molecule has 24 heavy (non-hydrogen) atoms. The molecule has 138 valence electrons. The molecule has 0 N–H and O–H groups in total. The Kier molecular flexibility index (Phi) is 11.1. The predicted octanol–water partition coefficient (Wildman–Crippen LogP) is 8.11. The molecule has 0 bridgehead atoms. The number of aryl methyl sites for hydroxylation is 2. The third-order valence-corrected chi connectivity index (χ3v) is 5.82. The van der Waals surface area contributed by atoms with E-state index < -0.39 is 0 Å². The molecule has 0 heterocycles. The summed E-state index contributed by atoms with van der Waals surface area (Å²) in [6.45, 7) is 11.3. The Morgan fingerprint density at radius 3 is 1.42 bits per heavy atom. The third kappa shape index (κ3) is 10.2. The second-order valence-corrected chi connectivity index (χ2v) is 8.43. The van der Waals surface area contributed by atoms with Gasteiger partial charge >= 0.3 is 0 Å². The lowest BCUT2D eigenvalue weighted by Crippen LogP contribution is -2.10. The minimum absolute atomic E-state index is 1.02. The van der Waals surface area contributed by atoms with Gasteiger partial charge in [0.25, 0.3) is 0 Å². The van der Waals surface area contributed by atoms with E-state index in [0.29, 0.717) is 0 Å². The molecule has 2 fully saturated rings. The molecule has 2 saturated carbocycles. The lowest BCUT2D eigenvalue weighted by molar-refractivity contribution is 0.284. The van der Waals surface area contributed by atoms with Crippen LogP contribution in [0.15, 0.2) is 24.3 Å². The van der Waals surface area contributed by atoms with Crippen molar-refractivity contribution in [2.24, 2.45) is 17.8 Å². The van der Waals surface area contributed by atoms with Gasteiger partial charge in [-0.3, -0.25) is 0 Å². The van der Waals surface area contributed by atoms with Crippen molar-refractivity contribution in [2.75, 3.05) is 0 Å². The molecule has 2 aliphatic carbocycles. The van der Waals surface area contributed by atoms with E-state index >= 15 is 0 Å². The molecule has 0 unspecified atom stereocenters. The van der Waals surface area contributed by atoms with Crippen LogP contribution in [0.1, 0.15) is 96.1 Å². The molecule has 1 aromatic carbocycles. The van der Waals surface area contributed by atoms with Crippen LogP contribution in [0.2, 0.25) is 0 Å². The van der Waals surface area contributed by atoms with Crippen LogP contribution >= 0.6 is 0 Å². The highest BCUT2D eigenvalue weighted by atomic mass is 14.2. The van der Waals surface area contributed by atoms with Crippen LogP contribution in [0, 0.1) is 31.6 Å². The number of rotatable bonds is 1.